The number of aromatic nitrogens is 1. The van der Waals surface area contributed by atoms with Crippen molar-refractivity contribution in [1.29, 1.82) is 0 Å². The van der Waals surface area contributed by atoms with Crippen LogP contribution in [0.15, 0.2) is 30.3 Å². The Kier molecular flexibility index (Phi) is 5.42. The smallest absolute Gasteiger partial charge is 0.318 e. The molecule has 0 aliphatic carbocycles. The van der Waals surface area contributed by atoms with Crippen molar-refractivity contribution in [3.05, 3.63) is 52.8 Å². The Hall–Kier alpha value is -3.22. The van der Waals surface area contributed by atoms with E-state index in [0.717, 1.165) is 32.4 Å². The van der Waals surface area contributed by atoms with Crippen molar-refractivity contribution >= 4 is 23.6 Å². The molecule has 7 heteroatoms. The maximum Gasteiger partial charge on any atom is 0.334 e. The average molecular weight is 395 g/mol. The lowest BCUT2D eigenvalue weighted by Gasteiger charge is -2.16. The lowest BCUT2D eigenvalue weighted by molar-refractivity contribution is -0.143. The number of urea groups is 1. The van der Waals surface area contributed by atoms with E-state index in [1.807, 2.05) is 63.5 Å². The van der Waals surface area contributed by atoms with Gasteiger partial charge in [0.05, 0.1) is 6.54 Å². The van der Waals surface area contributed by atoms with Crippen LogP contribution < -0.4 is 0 Å². The van der Waals surface area contributed by atoms with E-state index < -0.39 is 24.4 Å². The van der Waals surface area contributed by atoms with Crippen LogP contribution in [0.5, 0.6) is 0 Å². The summed E-state index contributed by atoms with van der Waals surface area (Å²) >= 11 is 0. The van der Waals surface area contributed by atoms with Gasteiger partial charge >= 0.3 is 17.8 Å². The molecule has 1 aliphatic heterocycles. The van der Waals surface area contributed by atoms with Crippen LogP contribution in [-0.2, 0) is 9.59 Å². The Bertz CT molecular complexity index is 1020. The summed E-state index contributed by atoms with van der Waals surface area (Å²) < 4.78 is 1.96. The number of benzene rings is 1. The van der Waals surface area contributed by atoms with Gasteiger partial charge in [0.2, 0.25) is 0 Å². The molecule has 0 saturated carbocycles. The number of amides is 4. The Morgan fingerprint density at radius 3 is 2.24 bits per heavy atom. The molecule has 1 aromatic heterocycles. The van der Waals surface area contributed by atoms with E-state index in [1.165, 1.54) is 0 Å². The van der Waals surface area contributed by atoms with Gasteiger partial charge in [-0.15, -0.1) is 0 Å². The maximum absolute atomic E-state index is 12.9. The van der Waals surface area contributed by atoms with Gasteiger partial charge in [0, 0.05) is 29.2 Å². The first-order valence-electron chi connectivity index (χ1n) is 9.58. The fraction of sp³-hybridized carbons (Fsp3) is 0.364. The molecule has 0 bridgehead atoms. The third-order valence-electron chi connectivity index (χ3n) is 4.98. The van der Waals surface area contributed by atoms with E-state index in [1.54, 1.807) is 6.07 Å². The highest BCUT2D eigenvalue weighted by Gasteiger charge is 2.45. The van der Waals surface area contributed by atoms with Gasteiger partial charge in [0.1, 0.15) is 0 Å². The van der Waals surface area contributed by atoms with Crippen LogP contribution >= 0.6 is 0 Å². The zero-order valence-electron chi connectivity index (χ0n) is 17.4. The Balaban J connectivity index is 1.87. The summed E-state index contributed by atoms with van der Waals surface area (Å²) in [5, 5.41) is 0. The number of nitrogens with zero attached hydrogens (tertiary/aromatic N) is 3. The van der Waals surface area contributed by atoms with Crippen molar-refractivity contribution in [2.75, 3.05) is 13.1 Å². The molecule has 3 rings (SSSR count). The number of hydrogen-bond acceptors (Lipinski definition) is 4. The van der Waals surface area contributed by atoms with E-state index in [0.29, 0.717) is 5.56 Å². The van der Waals surface area contributed by atoms with Gasteiger partial charge in [-0.3, -0.25) is 19.3 Å². The normalized spacial score (nSPS) is 14.5. The SMILES string of the molecule is Cc1cccc(-n2c(C)cc(C(=O)CN3C(=O)C(=O)N(CC(C)C)C3=O)c2C)c1. The zero-order chi connectivity index (χ0) is 21.5. The number of Topliss-reactive ketones (excluding diaryl/α,β-unsaturated/α-hetero) is 1. The molecule has 0 N–H and O–H groups in total. The van der Waals surface area contributed by atoms with Gasteiger partial charge in [-0.1, -0.05) is 26.0 Å². The number of ketones is 1. The molecule has 2 heterocycles. The average Bonchev–Trinajstić information content (AvgIpc) is 3.05. The highest BCUT2D eigenvalue weighted by atomic mass is 16.2. The quantitative estimate of drug-likeness (QED) is 0.428. The number of carbonyl (C=O) groups is 4. The Labute approximate surface area is 169 Å². The summed E-state index contributed by atoms with van der Waals surface area (Å²) in [7, 11) is 0. The van der Waals surface area contributed by atoms with Gasteiger partial charge in [-0.2, -0.15) is 0 Å². The second-order valence-corrected chi connectivity index (χ2v) is 7.87. The predicted molar refractivity (Wildman–Crippen MR) is 108 cm³/mol. The predicted octanol–water partition coefficient (Wildman–Crippen LogP) is 3.03. The molecule has 0 unspecified atom stereocenters. The number of carbonyl (C=O) groups excluding carboxylic acids is 4. The molecule has 1 aliphatic rings. The lowest BCUT2D eigenvalue weighted by Crippen LogP contribution is -2.38. The van der Waals surface area contributed by atoms with Crippen LogP contribution in [0.2, 0.25) is 0 Å². The summed E-state index contributed by atoms with van der Waals surface area (Å²) in [6.45, 7) is 9.11. The van der Waals surface area contributed by atoms with Crippen molar-refractivity contribution in [3.63, 3.8) is 0 Å². The van der Waals surface area contributed by atoms with Crippen LogP contribution in [0.25, 0.3) is 5.69 Å². The van der Waals surface area contributed by atoms with Crippen molar-refractivity contribution in [1.82, 2.24) is 14.4 Å². The summed E-state index contributed by atoms with van der Waals surface area (Å²) in [5.74, 6) is -2.17. The molecular formula is C22H25N3O4. The molecule has 1 saturated heterocycles. The number of aryl methyl sites for hydroxylation is 2. The summed E-state index contributed by atoms with van der Waals surface area (Å²) in [6, 6.07) is 8.94. The van der Waals surface area contributed by atoms with Gasteiger partial charge in [-0.05, 0) is 50.5 Å². The molecular weight excluding hydrogens is 370 g/mol. The van der Waals surface area contributed by atoms with Crippen LogP contribution in [0.4, 0.5) is 4.79 Å². The molecule has 0 spiro atoms. The first kappa shape index (κ1) is 20.5. The fourth-order valence-corrected chi connectivity index (χ4v) is 3.65. The van der Waals surface area contributed by atoms with E-state index in [-0.39, 0.29) is 18.2 Å². The van der Waals surface area contributed by atoms with Gasteiger partial charge in [-0.25, -0.2) is 9.69 Å². The third kappa shape index (κ3) is 3.72. The third-order valence-corrected chi connectivity index (χ3v) is 4.98. The monoisotopic (exact) mass is 395 g/mol. The summed E-state index contributed by atoms with van der Waals surface area (Å²) in [6.07, 6.45) is 0. The van der Waals surface area contributed by atoms with E-state index >= 15 is 0 Å². The lowest BCUT2D eigenvalue weighted by atomic mass is 10.1. The second-order valence-electron chi connectivity index (χ2n) is 7.87. The van der Waals surface area contributed by atoms with Crippen LogP contribution in [0, 0.1) is 26.7 Å². The summed E-state index contributed by atoms with van der Waals surface area (Å²) in [5.41, 5.74) is 4.06. The molecule has 0 atom stereocenters. The maximum atomic E-state index is 12.9. The van der Waals surface area contributed by atoms with Crippen molar-refractivity contribution in [3.8, 4) is 5.69 Å². The number of rotatable bonds is 6. The van der Waals surface area contributed by atoms with Gasteiger partial charge in [0.15, 0.2) is 5.78 Å². The van der Waals surface area contributed by atoms with Crippen molar-refractivity contribution < 1.29 is 19.2 Å². The minimum atomic E-state index is -0.948. The molecule has 0 radical (unpaired) electrons. The topological polar surface area (TPSA) is 79.7 Å². The molecule has 152 valence electrons. The molecule has 1 fully saturated rings. The van der Waals surface area contributed by atoms with E-state index in [9.17, 15) is 19.2 Å². The second kappa shape index (κ2) is 7.66. The highest BCUT2D eigenvalue weighted by Crippen LogP contribution is 2.23. The van der Waals surface area contributed by atoms with E-state index in [4.69, 9.17) is 0 Å². The minimum absolute atomic E-state index is 0.0274. The van der Waals surface area contributed by atoms with E-state index in [2.05, 4.69) is 0 Å². The number of hydrogen-bond donors (Lipinski definition) is 0. The highest BCUT2D eigenvalue weighted by molar-refractivity contribution is 6.45. The standard InChI is InChI=1S/C22H25N3O4/c1-13(2)11-23-20(27)21(28)24(22(23)29)12-19(26)18-10-15(4)25(16(18)5)17-8-6-7-14(3)9-17/h6-10,13H,11-12H2,1-5H3. The Morgan fingerprint density at radius 1 is 0.966 bits per heavy atom. The zero-order valence-corrected chi connectivity index (χ0v) is 17.4. The minimum Gasteiger partial charge on any atom is -0.318 e. The molecule has 4 amide bonds. The Morgan fingerprint density at radius 2 is 1.62 bits per heavy atom. The fourth-order valence-electron chi connectivity index (χ4n) is 3.65. The van der Waals surface area contributed by atoms with Crippen LogP contribution in [0.3, 0.4) is 0 Å². The van der Waals surface area contributed by atoms with Crippen LogP contribution in [0.1, 0.15) is 41.2 Å². The molecule has 1 aromatic carbocycles. The van der Waals surface area contributed by atoms with Gasteiger partial charge < -0.3 is 4.57 Å². The molecule has 2 aromatic rings. The molecule has 7 nitrogen and oxygen atoms in total. The van der Waals surface area contributed by atoms with Crippen molar-refractivity contribution in [2.45, 2.75) is 34.6 Å². The first-order valence-corrected chi connectivity index (χ1v) is 9.58. The number of imide groups is 2. The first-order chi connectivity index (χ1) is 13.6. The summed E-state index contributed by atoms with van der Waals surface area (Å²) in [4.78, 5) is 51.4. The van der Waals surface area contributed by atoms with Crippen molar-refractivity contribution in [2.24, 2.45) is 5.92 Å². The van der Waals surface area contributed by atoms with Crippen LogP contribution in [-0.4, -0.2) is 51.1 Å². The largest absolute Gasteiger partial charge is 0.334 e. The molecule has 29 heavy (non-hydrogen) atoms. The van der Waals surface area contributed by atoms with Gasteiger partial charge in [0.25, 0.3) is 0 Å².